The number of nitrogens with zero attached hydrogens (tertiary/aromatic N) is 3. The van der Waals surface area contributed by atoms with E-state index in [4.69, 9.17) is 21.2 Å². The molecule has 24 heavy (non-hydrogen) atoms. The highest BCUT2D eigenvalue weighted by atomic mass is 35.5. The first-order chi connectivity index (χ1) is 11.5. The number of aryl methyl sites for hydroxylation is 1. The van der Waals surface area contributed by atoms with Crippen LogP contribution in [0.4, 0.5) is 0 Å². The van der Waals surface area contributed by atoms with Crippen LogP contribution in [0.1, 0.15) is 17.0 Å². The molecule has 2 amide bonds. The zero-order valence-corrected chi connectivity index (χ0v) is 14.7. The Labute approximate surface area is 145 Å². The van der Waals surface area contributed by atoms with Gasteiger partial charge in [-0.2, -0.15) is 5.06 Å². The van der Waals surface area contributed by atoms with Crippen molar-refractivity contribution in [2.45, 2.75) is 12.8 Å². The van der Waals surface area contributed by atoms with Crippen molar-refractivity contribution >= 4 is 23.4 Å². The van der Waals surface area contributed by atoms with Gasteiger partial charge in [0.2, 0.25) is 0 Å². The number of benzene rings is 1. The van der Waals surface area contributed by atoms with E-state index in [-0.39, 0.29) is 11.8 Å². The monoisotopic (exact) mass is 353 g/mol. The third-order valence-corrected chi connectivity index (χ3v) is 4.73. The average molecular weight is 354 g/mol. The molecule has 0 saturated carbocycles. The molecule has 2 saturated heterocycles. The lowest BCUT2D eigenvalue weighted by molar-refractivity contribution is -0.145. The van der Waals surface area contributed by atoms with E-state index in [1.54, 1.807) is 24.3 Å². The fourth-order valence-corrected chi connectivity index (χ4v) is 3.60. The summed E-state index contributed by atoms with van der Waals surface area (Å²) in [6.07, 6.45) is 0. The van der Waals surface area contributed by atoms with Crippen LogP contribution in [0.25, 0.3) is 0 Å². The fraction of sp³-hybridized carbons (Fsp3) is 0.500. The summed E-state index contributed by atoms with van der Waals surface area (Å²) in [6, 6.07) is 3.53. The third-order valence-electron chi connectivity index (χ3n) is 4.42. The van der Waals surface area contributed by atoms with Gasteiger partial charge in [0, 0.05) is 23.7 Å². The van der Waals surface area contributed by atoms with E-state index in [9.17, 15) is 9.59 Å². The Morgan fingerprint density at radius 1 is 1.04 bits per heavy atom. The van der Waals surface area contributed by atoms with E-state index in [0.29, 0.717) is 42.5 Å². The SMILES string of the molecule is COc1cc(C)cc(Cl)c1C1C(=O)N2CCN(OC)CCN2C1=O. The standard InChI is InChI=1S/C16H20ClN3O4/c1-10-8-11(17)13(12(9-10)23-2)14-15(21)19-6-4-18(24-3)5-7-20(19)16(14)22/h8-9,14H,4-7H2,1-3H3. The number of ether oxygens (including phenoxy) is 1. The summed E-state index contributed by atoms with van der Waals surface area (Å²) in [5.74, 6) is -1.05. The van der Waals surface area contributed by atoms with Gasteiger partial charge in [-0.15, -0.1) is 0 Å². The van der Waals surface area contributed by atoms with Crippen LogP contribution in [0.15, 0.2) is 12.1 Å². The molecule has 3 rings (SSSR count). The van der Waals surface area contributed by atoms with Crippen LogP contribution in [0.2, 0.25) is 5.02 Å². The Balaban J connectivity index is 1.98. The summed E-state index contributed by atoms with van der Waals surface area (Å²) >= 11 is 6.35. The van der Waals surface area contributed by atoms with E-state index in [1.165, 1.54) is 17.1 Å². The summed E-state index contributed by atoms with van der Waals surface area (Å²) in [7, 11) is 3.09. The molecule has 0 atom stereocenters. The molecule has 7 nitrogen and oxygen atoms in total. The third kappa shape index (κ3) is 2.72. The molecule has 130 valence electrons. The van der Waals surface area contributed by atoms with E-state index >= 15 is 0 Å². The average Bonchev–Trinajstić information content (AvgIpc) is 2.71. The number of fused-ring (bicyclic) bond motifs is 1. The van der Waals surface area contributed by atoms with Gasteiger partial charge >= 0.3 is 0 Å². The molecule has 8 heteroatoms. The molecule has 0 aromatic heterocycles. The van der Waals surface area contributed by atoms with E-state index in [2.05, 4.69) is 0 Å². The van der Waals surface area contributed by atoms with E-state index in [0.717, 1.165) is 5.56 Å². The van der Waals surface area contributed by atoms with Gasteiger partial charge in [0.25, 0.3) is 11.8 Å². The summed E-state index contributed by atoms with van der Waals surface area (Å²) < 4.78 is 5.37. The molecular weight excluding hydrogens is 334 g/mol. The van der Waals surface area contributed by atoms with E-state index in [1.807, 2.05) is 6.92 Å². The summed E-state index contributed by atoms with van der Waals surface area (Å²) in [5, 5.41) is 5.08. The Morgan fingerprint density at radius 3 is 2.12 bits per heavy atom. The number of hydroxylamine groups is 2. The molecule has 0 unspecified atom stereocenters. The first kappa shape index (κ1) is 17.0. The number of amides is 2. The highest BCUT2D eigenvalue weighted by molar-refractivity contribution is 6.32. The molecule has 1 aromatic rings. The van der Waals surface area contributed by atoms with Gasteiger partial charge in [-0.25, -0.2) is 10.0 Å². The van der Waals surface area contributed by atoms with Crippen molar-refractivity contribution in [2.24, 2.45) is 0 Å². The largest absolute Gasteiger partial charge is 0.496 e. The second-order valence-corrected chi connectivity index (χ2v) is 6.24. The number of rotatable bonds is 3. The molecule has 2 heterocycles. The molecule has 0 N–H and O–H groups in total. The van der Waals surface area contributed by atoms with Crippen LogP contribution in [0.5, 0.6) is 5.75 Å². The van der Waals surface area contributed by atoms with Crippen LogP contribution < -0.4 is 4.74 Å². The van der Waals surface area contributed by atoms with Gasteiger partial charge in [0.1, 0.15) is 5.75 Å². The lowest BCUT2D eigenvalue weighted by Crippen LogP contribution is -2.41. The number of methoxy groups -OCH3 is 1. The van der Waals surface area contributed by atoms with Crippen molar-refractivity contribution in [2.75, 3.05) is 40.4 Å². The van der Waals surface area contributed by atoms with Gasteiger partial charge in [-0.3, -0.25) is 9.59 Å². The second-order valence-electron chi connectivity index (χ2n) is 5.83. The maximum atomic E-state index is 12.9. The van der Waals surface area contributed by atoms with Gasteiger partial charge < -0.3 is 9.57 Å². The van der Waals surface area contributed by atoms with Crippen molar-refractivity contribution in [3.05, 3.63) is 28.3 Å². The maximum Gasteiger partial charge on any atom is 0.258 e. The van der Waals surface area contributed by atoms with Crippen LogP contribution in [-0.2, 0) is 14.4 Å². The highest BCUT2D eigenvalue weighted by Crippen LogP contribution is 2.40. The minimum atomic E-state index is -0.956. The smallest absolute Gasteiger partial charge is 0.258 e. The molecule has 2 aliphatic rings. The van der Waals surface area contributed by atoms with Gasteiger partial charge in [0.05, 0.1) is 27.3 Å². The van der Waals surface area contributed by atoms with Crippen molar-refractivity contribution in [3.8, 4) is 5.75 Å². The summed E-state index contributed by atoms with van der Waals surface area (Å²) in [6.45, 7) is 3.74. The van der Waals surface area contributed by atoms with Gasteiger partial charge in [0.15, 0.2) is 5.92 Å². The fourth-order valence-electron chi connectivity index (χ4n) is 3.23. The molecule has 0 aliphatic carbocycles. The zero-order chi connectivity index (χ0) is 17.4. The molecule has 2 aliphatic heterocycles. The predicted molar refractivity (Wildman–Crippen MR) is 87.5 cm³/mol. The van der Waals surface area contributed by atoms with Crippen LogP contribution >= 0.6 is 11.6 Å². The number of hydrogen-bond donors (Lipinski definition) is 0. The minimum absolute atomic E-state index is 0.276. The van der Waals surface area contributed by atoms with Crippen molar-refractivity contribution in [1.29, 1.82) is 0 Å². The lowest BCUT2D eigenvalue weighted by atomic mass is 9.96. The van der Waals surface area contributed by atoms with Crippen LogP contribution in [-0.4, -0.2) is 67.3 Å². The normalized spacial score (nSPS) is 19.7. The molecule has 1 aromatic carbocycles. The Hall–Kier alpha value is -1.83. The number of carbonyl (C=O) groups excluding carboxylic acids is 2. The van der Waals surface area contributed by atoms with Crippen molar-refractivity contribution in [1.82, 2.24) is 15.1 Å². The van der Waals surface area contributed by atoms with Crippen molar-refractivity contribution in [3.63, 3.8) is 0 Å². The summed E-state index contributed by atoms with van der Waals surface area (Å²) in [5.41, 5.74) is 1.35. The number of halogens is 1. The lowest BCUT2D eigenvalue weighted by Gasteiger charge is -2.23. The molecule has 0 radical (unpaired) electrons. The zero-order valence-electron chi connectivity index (χ0n) is 13.9. The Bertz CT molecular complexity index is 656. The highest BCUT2D eigenvalue weighted by Gasteiger charge is 2.49. The molecule has 0 bridgehead atoms. The first-order valence-electron chi connectivity index (χ1n) is 7.73. The van der Waals surface area contributed by atoms with Gasteiger partial charge in [-0.05, 0) is 24.6 Å². The van der Waals surface area contributed by atoms with E-state index < -0.39 is 5.92 Å². The predicted octanol–water partition coefficient (Wildman–Crippen LogP) is 1.20. The van der Waals surface area contributed by atoms with Crippen molar-refractivity contribution < 1.29 is 19.2 Å². The molecule has 2 fully saturated rings. The minimum Gasteiger partial charge on any atom is -0.496 e. The molecule has 0 spiro atoms. The summed E-state index contributed by atoms with van der Waals surface area (Å²) in [4.78, 5) is 31.0. The van der Waals surface area contributed by atoms with Crippen LogP contribution in [0, 0.1) is 6.92 Å². The Morgan fingerprint density at radius 2 is 1.62 bits per heavy atom. The van der Waals surface area contributed by atoms with Crippen LogP contribution in [0.3, 0.4) is 0 Å². The Kier molecular flexibility index (Phi) is 4.67. The number of hydrazine groups is 1. The number of carbonyl (C=O) groups is 2. The number of hydrogen-bond acceptors (Lipinski definition) is 5. The first-order valence-corrected chi connectivity index (χ1v) is 8.11. The molecular formula is C16H20ClN3O4. The van der Waals surface area contributed by atoms with Gasteiger partial charge in [-0.1, -0.05) is 11.6 Å². The second kappa shape index (κ2) is 6.58. The maximum absolute atomic E-state index is 12.9. The topological polar surface area (TPSA) is 62.3 Å². The quantitative estimate of drug-likeness (QED) is 0.764.